The molecule has 4 heteroatoms. The maximum Gasteiger partial charge on any atom is 0.311 e. The second kappa shape index (κ2) is 5.17. The third kappa shape index (κ3) is 2.16. The zero-order valence-corrected chi connectivity index (χ0v) is 11.7. The van der Waals surface area contributed by atoms with Gasteiger partial charge < -0.3 is 9.84 Å². The minimum absolute atomic E-state index is 0.101. The van der Waals surface area contributed by atoms with Crippen molar-refractivity contribution in [3.63, 3.8) is 0 Å². The maximum atomic E-state index is 12.0. The number of aliphatic hydroxyl groups is 1. The topological polar surface area (TPSA) is 49.8 Å². The Morgan fingerprint density at radius 1 is 1.39 bits per heavy atom. The second-order valence-electron chi connectivity index (χ2n) is 6.03. The number of piperidine rings is 1. The van der Waals surface area contributed by atoms with Crippen molar-refractivity contribution < 1.29 is 14.6 Å². The summed E-state index contributed by atoms with van der Waals surface area (Å²) in [6, 6.07) is 0.137. The first kappa shape index (κ1) is 13.8. The highest BCUT2D eigenvalue weighted by atomic mass is 16.5. The Hall–Kier alpha value is -0.610. The lowest BCUT2D eigenvalue weighted by molar-refractivity contribution is -0.162. The van der Waals surface area contributed by atoms with Gasteiger partial charge in [0.1, 0.15) is 0 Å². The highest BCUT2D eigenvalue weighted by Gasteiger charge is 2.55. The van der Waals surface area contributed by atoms with Crippen molar-refractivity contribution in [2.45, 2.75) is 51.2 Å². The molecular weight excluding hydrogens is 230 g/mol. The summed E-state index contributed by atoms with van der Waals surface area (Å²) in [5, 5.41) is 11.1. The molecule has 0 saturated carbocycles. The average molecular weight is 255 g/mol. The molecule has 0 radical (unpaired) electrons. The van der Waals surface area contributed by atoms with Gasteiger partial charge in [0.25, 0.3) is 0 Å². The molecule has 0 aromatic rings. The Bertz CT molecular complexity index is 318. The molecule has 3 atom stereocenters. The Morgan fingerprint density at radius 2 is 2.11 bits per heavy atom. The van der Waals surface area contributed by atoms with E-state index in [0.29, 0.717) is 6.42 Å². The predicted molar refractivity (Wildman–Crippen MR) is 69.1 cm³/mol. The van der Waals surface area contributed by atoms with Crippen LogP contribution in [0.15, 0.2) is 0 Å². The number of rotatable bonds is 3. The van der Waals surface area contributed by atoms with E-state index in [2.05, 4.69) is 4.90 Å². The summed E-state index contributed by atoms with van der Waals surface area (Å²) in [7, 11) is 1.41. The lowest BCUT2D eigenvalue weighted by Crippen LogP contribution is -2.55. The predicted octanol–water partition coefficient (Wildman–Crippen LogP) is 1.42. The molecule has 0 aromatic carbocycles. The number of fused-ring (bicyclic) bond motifs is 1. The fourth-order valence-corrected chi connectivity index (χ4v) is 3.86. The van der Waals surface area contributed by atoms with Gasteiger partial charge in [0.2, 0.25) is 0 Å². The number of hydrogen-bond donors (Lipinski definition) is 1. The molecule has 2 fully saturated rings. The number of carbonyl (C=O) groups is 1. The van der Waals surface area contributed by atoms with Crippen LogP contribution in [0, 0.1) is 11.8 Å². The Labute approximate surface area is 109 Å². The van der Waals surface area contributed by atoms with Crippen molar-refractivity contribution >= 4 is 5.97 Å². The molecule has 2 saturated heterocycles. The second-order valence-corrected chi connectivity index (χ2v) is 6.03. The Balaban J connectivity index is 2.25. The first-order valence-corrected chi connectivity index (χ1v) is 7.05. The monoisotopic (exact) mass is 255 g/mol. The highest BCUT2D eigenvalue weighted by molar-refractivity contribution is 5.74. The van der Waals surface area contributed by atoms with Crippen LogP contribution in [-0.2, 0) is 9.53 Å². The zero-order chi connectivity index (χ0) is 13.3. The van der Waals surface area contributed by atoms with Crippen LogP contribution in [0.5, 0.6) is 0 Å². The van der Waals surface area contributed by atoms with Gasteiger partial charge in [-0.25, -0.2) is 0 Å². The standard InChI is InChI=1S/C14H25NO3/c1-10(2)12(13(16)18-3)14(17)7-9-15-8-5-4-6-11(14)15/h10-12,17H,4-9H2,1-3H3. The molecule has 0 aromatic heterocycles. The summed E-state index contributed by atoms with van der Waals surface area (Å²) in [5.41, 5.74) is -0.901. The van der Waals surface area contributed by atoms with Gasteiger partial charge in [0.05, 0.1) is 18.6 Å². The maximum absolute atomic E-state index is 12.0. The summed E-state index contributed by atoms with van der Waals surface area (Å²) in [5.74, 6) is -0.570. The zero-order valence-electron chi connectivity index (χ0n) is 11.7. The van der Waals surface area contributed by atoms with Crippen molar-refractivity contribution in [2.24, 2.45) is 11.8 Å². The molecule has 0 aliphatic carbocycles. The molecule has 2 heterocycles. The number of esters is 1. The van der Waals surface area contributed by atoms with Gasteiger partial charge in [-0.3, -0.25) is 9.69 Å². The number of carbonyl (C=O) groups excluding carboxylic acids is 1. The number of nitrogens with zero attached hydrogens (tertiary/aromatic N) is 1. The van der Waals surface area contributed by atoms with Gasteiger partial charge >= 0.3 is 5.97 Å². The van der Waals surface area contributed by atoms with E-state index in [1.807, 2.05) is 13.8 Å². The third-order valence-corrected chi connectivity index (χ3v) is 4.65. The minimum Gasteiger partial charge on any atom is -0.469 e. The first-order valence-electron chi connectivity index (χ1n) is 7.05. The summed E-state index contributed by atoms with van der Waals surface area (Å²) >= 11 is 0. The molecule has 1 N–H and O–H groups in total. The van der Waals surface area contributed by atoms with Crippen molar-refractivity contribution in [1.82, 2.24) is 4.90 Å². The first-order chi connectivity index (χ1) is 8.50. The molecule has 18 heavy (non-hydrogen) atoms. The van der Waals surface area contributed by atoms with Crippen LogP contribution in [0.2, 0.25) is 0 Å². The van der Waals surface area contributed by atoms with E-state index in [1.54, 1.807) is 0 Å². The third-order valence-electron chi connectivity index (χ3n) is 4.65. The van der Waals surface area contributed by atoms with Crippen LogP contribution in [-0.4, -0.2) is 47.8 Å². The van der Waals surface area contributed by atoms with Gasteiger partial charge in [0.15, 0.2) is 0 Å². The molecular formula is C14H25NO3. The van der Waals surface area contributed by atoms with E-state index in [4.69, 9.17) is 4.74 Å². The largest absolute Gasteiger partial charge is 0.469 e. The molecule has 2 rings (SSSR count). The van der Waals surface area contributed by atoms with Crippen LogP contribution in [0.3, 0.4) is 0 Å². The van der Waals surface area contributed by atoms with E-state index in [-0.39, 0.29) is 17.9 Å². The van der Waals surface area contributed by atoms with Crippen LogP contribution in [0.1, 0.15) is 39.5 Å². The highest BCUT2D eigenvalue weighted by Crippen LogP contribution is 2.42. The van der Waals surface area contributed by atoms with Crippen LogP contribution in [0.4, 0.5) is 0 Å². The Kier molecular flexibility index (Phi) is 3.97. The fourth-order valence-electron chi connectivity index (χ4n) is 3.86. The van der Waals surface area contributed by atoms with Gasteiger partial charge in [-0.05, 0) is 31.7 Å². The molecule has 3 unspecified atom stereocenters. The van der Waals surface area contributed by atoms with Gasteiger partial charge in [-0.1, -0.05) is 20.3 Å². The average Bonchev–Trinajstić information content (AvgIpc) is 2.68. The van der Waals surface area contributed by atoms with E-state index in [1.165, 1.54) is 13.5 Å². The van der Waals surface area contributed by atoms with Crippen LogP contribution in [0.25, 0.3) is 0 Å². The fraction of sp³-hybridized carbons (Fsp3) is 0.929. The van der Waals surface area contributed by atoms with Crippen molar-refractivity contribution in [1.29, 1.82) is 0 Å². The minimum atomic E-state index is -0.901. The summed E-state index contributed by atoms with van der Waals surface area (Å²) in [6.07, 6.45) is 4.04. The van der Waals surface area contributed by atoms with E-state index in [0.717, 1.165) is 25.9 Å². The number of hydrogen-bond acceptors (Lipinski definition) is 4. The van der Waals surface area contributed by atoms with Crippen molar-refractivity contribution in [2.75, 3.05) is 20.2 Å². The normalized spacial score (nSPS) is 34.4. The molecule has 2 aliphatic heterocycles. The van der Waals surface area contributed by atoms with Gasteiger partial charge in [0, 0.05) is 12.6 Å². The van der Waals surface area contributed by atoms with E-state index in [9.17, 15) is 9.90 Å². The SMILES string of the molecule is COC(=O)C(C(C)C)C1(O)CCN2CCCCC21. The van der Waals surface area contributed by atoms with Crippen LogP contribution < -0.4 is 0 Å². The number of ether oxygens (including phenoxy) is 1. The molecule has 0 amide bonds. The summed E-state index contributed by atoms with van der Waals surface area (Å²) in [6.45, 7) is 5.94. The lowest BCUT2D eigenvalue weighted by Gasteiger charge is -2.42. The van der Waals surface area contributed by atoms with Crippen molar-refractivity contribution in [3.05, 3.63) is 0 Å². The van der Waals surface area contributed by atoms with Crippen molar-refractivity contribution in [3.8, 4) is 0 Å². The van der Waals surface area contributed by atoms with Crippen LogP contribution >= 0.6 is 0 Å². The van der Waals surface area contributed by atoms with E-state index < -0.39 is 11.5 Å². The van der Waals surface area contributed by atoms with Gasteiger partial charge in [-0.2, -0.15) is 0 Å². The lowest BCUT2D eigenvalue weighted by atomic mass is 9.73. The quantitative estimate of drug-likeness (QED) is 0.775. The molecule has 0 spiro atoms. The Morgan fingerprint density at radius 3 is 2.72 bits per heavy atom. The summed E-state index contributed by atoms with van der Waals surface area (Å²) < 4.78 is 4.91. The number of methoxy groups -OCH3 is 1. The van der Waals surface area contributed by atoms with Gasteiger partial charge in [-0.15, -0.1) is 0 Å². The molecule has 104 valence electrons. The smallest absolute Gasteiger partial charge is 0.311 e. The van der Waals surface area contributed by atoms with E-state index >= 15 is 0 Å². The molecule has 0 bridgehead atoms. The molecule has 4 nitrogen and oxygen atoms in total. The summed E-state index contributed by atoms with van der Waals surface area (Å²) in [4.78, 5) is 14.4. The molecule has 2 aliphatic rings.